The molecule has 2 rings (SSSR count). The maximum Gasteiger partial charge on any atom is 0.149 e. The van der Waals surface area contributed by atoms with Crippen LogP contribution in [0.25, 0.3) is 0 Å². The molecule has 0 radical (unpaired) electrons. The lowest BCUT2D eigenvalue weighted by atomic mass is 10.2. The average Bonchev–Trinajstić information content (AvgIpc) is 2.35. The van der Waals surface area contributed by atoms with E-state index in [0.717, 1.165) is 37.7 Å². The Labute approximate surface area is 109 Å². The van der Waals surface area contributed by atoms with Crippen molar-refractivity contribution in [2.75, 3.05) is 29.9 Å². The third-order valence-electron chi connectivity index (χ3n) is 2.92. The highest BCUT2D eigenvalue weighted by molar-refractivity contribution is 5.44. The van der Waals surface area contributed by atoms with Gasteiger partial charge in [-0.1, -0.05) is 6.92 Å². The van der Waals surface area contributed by atoms with Gasteiger partial charge in [-0.25, -0.2) is 4.98 Å². The van der Waals surface area contributed by atoms with Crippen molar-refractivity contribution in [3.63, 3.8) is 0 Å². The van der Waals surface area contributed by atoms with E-state index in [0.29, 0.717) is 0 Å². The van der Waals surface area contributed by atoms with Gasteiger partial charge >= 0.3 is 0 Å². The van der Waals surface area contributed by atoms with Crippen LogP contribution in [-0.4, -0.2) is 41.8 Å². The Morgan fingerprint density at radius 2 is 2.06 bits per heavy atom. The second-order valence-corrected chi connectivity index (χ2v) is 4.85. The maximum absolute atomic E-state index is 5.73. The van der Waals surface area contributed by atoms with Gasteiger partial charge in [-0.05, 0) is 20.3 Å². The number of nitrogens with zero attached hydrogens (tertiary/aromatic N) is 3. The third-order valence-corrected chi connectivity index (χ3v) is 2.92. The van der Waals surface area contributed by atoms with E-state index >= 15 is 0 Å². The van der Waals surface area contributed by atoms with Gasteiger partial charge in [0.1, 0.15) is 11.6 Å². The van der Waals surface area contributed by atoms with E-state index in [1.165, 1.54) is 0 Å². The summed E-state index contributed by atoms with van der Waals surface area (Å²) in [5, 5.41) is 3.26. The lowest BCUT2D eigenvalue weighted by Crippen LogP contribution is -2.45. The van der Waals surface area contributed by atoms with Crippen LogP contribution in [0.2, 0.25) is 0 Å². The second kappa shape index (κ2) is 6.00. The lowest BCUT2D eigenvalue weighted by Gasteiger charge is -2.35. The van der Waals surface area contributed by atoms with Crippen LogP contribution in [0.5, 0.6) is 0 Å². The van der Waals surface area contributed by atoms with Crippen molar-refractivity contribution in [2.24, 2.45) is 0 Å². The molecule has 1 N–H and O–H groups in total. The van der Waals surface area contributed by atoms with Gasteiger partial charge in [-0.15, -0.1) is 0 Å². The summed E-state index contributed by atoms with van der Waals surface area (Å²) in [5.41, 5.74) is 0. The van der Waals surface area contributed by atoms with Gasteiger partial charge in [0.15, 0.2) is 0 Å². The van der Waals surface area contributed by atoms with Gasteiger partial charge in [0.25, 0.3) is 0 Å². The zero-order valence-corrected chi connectivity index (χ0v) is 11.4. The first-order valence-electron chi connectivity index (χ1n) is 6.65. The number of rotatable bonds is 4. The molecular weight excluding hydrogens is 228 g/mol. The minimum Gasteiger partial charge on any atom is -0.372 e. The first kappa shape index (κ1) is 13.1. The van der Waals surface area contributed by atoms with Crippen molar-refractivity contribution in [3.05, 3.63) is 12.4 Å². The predicted molar refractivity (Wildman–Crippen MR) is 73.0 cm³/mol. The fourth-order valence-electron chi connectivity index (χ4n) is 2.21. The van der Waals surface area contributed by atoms with Crippen molar-refractivity contribution in [2.45, 2.75) is 39.4 Å². The Hall–Kier alpha value is -1.36. The molecule has 5 nitrogen and oxygen atoms in total. The molecule has 1 saturated heterocycles. The molecule has 1 aliphatic heterocycles. The summed E-state index contributed by atoms with van der Waals surface area (Å²) in [6, 6.07) is 0. The van der Waals surface area contributed by atoms with E-state index < -0.39 is 0 Å². The van der Waals surface area contributed by atoms with Crippen molar-refractivity contribution in [1.82, 2.24) is 9.97 Å². The second-order valence-electron chi connectivity index (χ2n) is 4.85. The summed E-state index contributed by atoms with van der Waals surface area (Å²) in [7, 11) is 0. The fraction of sp³-hybridized carbons (Fsp3) is 0.692. The van der Waals surface area contributed by atoms with Crippen LogP contribution in [-0.2, 0) is 4.74 Å². The molecule has 1 aromatic rings. The molecule has 5 heteroatoms. The standard InChI is InChI=1S/C13H22N4O/c1-4-5-15-12-6-14-7-13(16-12)17-8-10(2)18-11(3)9-17/h6-7,10-11H,4-5,8-9H2,1-3H3,(H,15,16)/t10-,11+. The molecule has 0 bridgehead atoms. The first-order valence-corrected chi connectivity index (χ1v) is 6.65. The van der Waals surface area contributed by atoms with Crippen LogP contribution in [0.1, 0.15) is 27.2 Å². The Bertz CT molecular complexity index is 375. The molecule has 1 aliphatic rings. The van der Waals surface area contributed by atoms with Crippen molar-refractivity contribution < 1.29 is 4.74 Å². The Kier molecular flexibility index (Phi) is 4.36. The molecule has 18 heavy (non-hydrogen) atoms. The molecule has 1 fully saturated rings. The maximum atomic E-state index is 5.73. The van der Waals surface area contributed by atoms with Gasteiger partial charge in [0, 0.05) is 19.6 Å². The highest BCUT2D eigenvalue weighted by atomic mass is 16.5. The first-order chi connectivity index (χ1) is 8.69. The SMILES string of the molecule is CCCNc1cncc(N2C[C@@H](C)O[C@@H](C)C2)n1. The molecule has 1 aromatic heterocycles. The average molecular weight is 250 g/mol. The zero-order chi connectivity index (χ0) is 13.0. The number of aromatic nitrogens is 2. The number of anilines is 2. The van der Waals surface area contributed by atoms with E-state index in [9.17, 15) is 0 Å². The van der Waals surface area contributed by atoms with E-state index in [4.69, 9.17) is 4.74 Å². The molecule has 0 unspecified atom stereocenters. The molecule has 0 saturated carbocycles. The lowest BCUT2D eigenvalue weighted by molar-refractivity contribution is -0.00547. The number of hydrogen-bond donors (Lipinski definition) is 1. The summed E-state index contributed by atoms with van der Waals surface area (Å²) in [4.78, 5) is 11.1. The van der Waals surface area contributed by atoms with Crippen LogP contribution in [0.15, 0.2) is 12.4 Å². The molecule has 0 amide bonds. The van der Waals surface area contributed by atoms with E-state index in [1.54, 1.807) is 6.20 Å². The van der Waals surface area contributed by atoms with Gasteiger partial charge in [0.2, 0.25) is 0 Å². The summed E-state index contributed by atoms with van der Waals surface area (Å²) in [5.74, 6) is 1.78. The van der Waals surface area contributed by atoms with Gasteiger partial charge in [-0.2, -0.15) is 0 Å². The Morgan fingerprint density at radius 1 is 1.33 bits per heavy atom. The molecular formula is C13H22N4O. The topological polar surface area (TPSA) is 50.3 Å². The largest absolute Gasteiger partial charge is 0.372 e. The van der Waals surface area contributed by atoms with Crippen molar-refractivity contribution in [3.8, 4) is 0 Å². The van der Waals surface area contributed by atoms with Crippen LogP contribution in [0, 0.1) is 0 Å². The van der Waals surface area contributed by atoms with Gasteiger partial charge in [0.05, 0.1) is 24.6 Å². The summed E-state index contributed by atoms with van der Waals surface area (Å²) in [6.45, 7) is 8.99. The molecule has 0 aromatic carbocycles. The van der Waals surface area contributed by atoms with Crippen LogP contribution < -0.4 is 10.2 Å². The number of nitrogens with one attached hydrogen (secondary N) is 1. The molecule has 100 valence electrons. The summed E-state index contributed by atoms with van der Waals surface area (Å²) in [6.07, 6.45) is 5.15. The zero-order valence-electron chi connectivity index (χ0n) is 11.4. The quantitative estimate of drug-likeness (QED) is 0.884. The summed E-state index contributed by atoms with van der Waals surface area (Å²) >= 11 is 0. The third kappa shape index (κ3) is 3.32. The Balaban J connectivity index is 2.07. The van der Waals surface area contributed by atoms with Crippen molar-refractivity contribution >= 4 is 11.6 Å². The number of morpholine rings is 1. The highest BCUT2D eigenvalue weighted by Gasteiger charge is 2.23. The number of hydrogen-bond acceptors (Lipinski definition) is 5. The van der Waals surface area contributed by atoms with Crippen LogP contribution in [0.3, 0.4) is 0 Å². The molecule has 0 spiro atoms. The van der Waals surface area contributed by atoms with Gasteiger partial charge in [-0.3, -0.25) is 4.98 Å². The minimum absolute atomic E-state index is 0.239. The highest BCUT2D eigenvalue weighted by Crippen LogP contribution is 2.18. The minimum atomic E-state index is 0.239. The predicted octanol–water partition coefficient (Wildman–Crippen LogP) is 1.91. The van der Waals surface area contributed by atoms with Crippen molar-refractivity contribution in [1.29, 1.82) is 0 Å². The van der Waals surface area contributed by atoms with E-state index in [2.05, 4.69) is 41.0 Å². The van der Waals surface area contributed by atoms with Gasteiger partial charge < -0.3 is 15.0 Å². The molecule has 2 atom stereocenters. The normalized spacial score (nSPS) is 24.1. The van der Waals surface area contributed by atoms with Crippen LogP contribution in [0.4, 0.5) is 11.6 Å². The smallest absolute Gasteiger partial charge is 0.149 e. The Morgan fingerprint density at radius 3 is 2.72 bits per heavy atom. The van der Waals surface area contributed by atoms with Crippen LogP contribution >= 0.6 is 0 Å². The number of ether oxygens (including phenoxy) is 1. The molecule has 0 aliphatic carbocycles. The van der Waals surface area contributed by atoms with E-state index in [-0.39, 0.29) is 12.2 Å². The monoisotopic (exact) mass is 250 g/mol. The van der Waals surface area contributed by atoms with E-state index in [1.807, 2.05) is 6.20 Å². The fourth-order valence-corrected chi connectivity index (χ4v) is 2.21. The summed E-state index contributed by atoms with van der Waals surface area (Å²) < 4.78 is 5.73. The molecule has 2 heterocycles.